The normalized spacial score (nSPS) is 10.8. The maximum absolute atomic E-state index is 5.93. The molecule has 2 nitrogen and oxygen atoms in total. The van der Waals surface area contributed by atoms with E-state index in [0.717, 1.165) is 21.7 Å². The second-order valence-corrected chi connectivity index (χ2v) is 3.23. The molecule has 1 aromatic heterocycles. The Labute approximate surface area is 75.5 Å². The minimum absolute atomic E-state index is 0.732. The Morgan fingerprint density at radius 1 is 1.33 bits per heavy atom. The lowest BCUT2D eigenvalue weighted by Gasteiger charge is -1.97. The van der Waals surface area contributed by atoms with Gasteiger partial charge in [0.1, 0.15) is 5.15 Å². The van der Waals surface area contributed by atoms with Crippen LogP contribution in [0.1, 0.15) is 0 Å². The second kappa shape index (κ2) is 2.42. The number of rotatable bonds is 0. The lowest BCUT2D eigenvalue weighted by Crippen LogP contribution is -1.88. The van der Waals surface area contributed by atoms with Gasteiger partial charge in [0.25, 0.3) is 0 Å². The van der Waals surface area contributed by atoms with Gasteiger partial charge >= 0.3 is 0 Å². The largest absolute Gasteiger partial charge is 0.399 e. The zero-order valence-corrected chi connectivity index (χ0v) is 7.47. The Hall–Kier alpha value is -1.15. The maximum atomic E-state index is 5.93. The topological polar surface area (TPSA) is 30.9 Å². The molecule has 2 aromatic rings. The molecule has 1 heterocycles. The molecule has 12 heavy (non-hydrogen) atoms. The maximum Gasteiger partial charge on any atom is 0.109 e. The van der Waals surface area contributed by atoms with Crippen molar-refractivity contribution in [2.24, 2.45) is 7.05 Å². The first-order chi connectivity index (χ1) is 5.68. The van der Waals surface area contributed by atoms with Crippen LogP contribution >= 0.6 is 11.6 Å². The molecule has 0 unspecified atom stereocenters. The van der Waals surface area contributed by atoms with E-state index in [4.69, 9.17) is 17.3 Å². The van der Waals surface area contributed by atoms with E-state index in [1.54, 1.807) is 0 Å². The van der Waals surface area contributed by atoms with Gasteiger partial charge in [-0.2, -0.15) is 0 Å². The molecule has 0 aliphatic heterocycles. The van der Waals surface area contributed by atoms with Crippen LogP contribution in [0.15, 0.2) is 24.3 Å². The van der Waals surface area contributed by atoms with Crippen LogP contribution in [0, 0.1) is 0 Å². The molecule has 0 amide bonds. The summed E-state index contributed by atoms with van der Waals surface area (Å²) in [5.74, 6) is 0. The van der Waals surface area contributed by atoms with Gasteiger partial charge in [0, 0.05) is 18.1 Å². The number of hydrogen-bond acceptors (Lipinski definition) is 1. The number of nitrogen functional groups attached to an aromatic ring is 1. The SMILES string of the molecule is Cn1c(Cl)cc2ccc(N)cc21. The van der Waals surface area contributed by atoms with Crippen LogP contribution in [0.5, 0.6) is 0 Å². The molecule has 0 aliphatic carbocycles. The molecule has 0 bridgehead atoms. The summed E-state index contributed by atoms with van der Waals surface area (Å²) in [7, 11) is 1.92. The van der Waals surface area contributed by atoms with Crippen molar-refractivity contribution < 1.29 is 0 Å². The van der Waals surface area contributed by atoms with Gasteiger partial charge in [0.15, 0.2) is 0 Å². The highest BCUT2D eigenvalue weighted by atomic mass is 35.5. The Morgan fingerprint density at radius 2 is 2.08 bits per heavy atom. The highest BCUT2D eigenvalue weighted by Crippen LogP contribution is 2.23. The van der Waals surface area contributed by atoms with E-state index in [1.807, 2.05) is 35.9 Å². The average molecular weight is 181 g/mol. The molecule has 2 rings (SSSR count). The number of aromatic nitrogens is 1. The molecule has 1 aromatic carbocycles. The number of hydrogen-bond donors (Lipinski definition) is 1. The van der Waals surface area contributed by atoms with E-state index in [0.29, 0.717) is 0 Å². The Bertz CT molecular complexity index is 431. The third kappa shape index (κ3) is 0.959. The molecule has 0 fully saturated rings. The monoisotopic (exact) mass is 180 g/mol. The van der Waals surface area contributed by atoms with Gasteiger partial charge in [-0.3, -0.25) is 0 Å². The third-order valence-electron chi connectivity index (χ3n) is 2.01. The summed E-state index contributed by atoms with van der Waals surface area (Å²) in [6.07, 6.45) is 0. The lowest BCUT2D eigenvalue weighted by atomic mass is 10.2. The summed E-state index contributed by atoms with van der Waals surface area (Å²) >= 11 is 5.93. The highest BCUT2D eigenvalue weighted by molar-refractivity contribution is 6.30. The number of benzene rings is 1. The van der Waals surface area contributed by atoms with Crippen molar-refractivity contribution in [3.8, 4) is 0 Å². The quantitative estimate of drug-likeness (QED) is 0.621. The summed E-state index contributed by atoms with van der Waals surface area (Å²) in [5, 5.41) is 1.85. The standard InChI is InChI=1S/C9H9ClN2/c1-12-8-5-7(11)3-2-6(8)4-9(12)10/h2-5H,11H2,1H3. The Kier molecular flexibility index (Phi) is 1.51. The number of anilines is 1. The molecule has 2 N–H and O–H groups in total. The third-order valence-corrected chi connectivity index (χ3v) is 2.37. The average Bonchev–Trinajstić information content (AvgIpc) is 2.31. The van der Waals surface area contributed by atoms with Crippen LogP contribution in [0.3, 0.4) is 0 Å². The lowest BCUT2D eigenvalue weighted by molar-refractivity contribution is 0.970. The number of halogens is 1. The Balaban J connectivity index is 2.88. The second-order valence-electron chi connectivity index (χ2n) is 2.84. The predicted molar refractivity (Wildman–Crippen MR) is 52.3 cm³/mol. The summed E-state index contributed by atoms with van der Waals surface area (Å²) in [4.78, 5) is 0. The zero-order chi connectivity index (χ0) is 8.72. The van der Waals surface area contributed by atoms with Crippen molar-refractivity contribution in [1.29, 1.82) is 0 Å². The van der Waals surface area contributed by atoms with Gasteiger partial charge in [-0.05, 0) is 18.2 Å². The van der Waals surface area contributed by atoms with Crippen LogP contribution in [0.2, 0.25) is 5.15 Å². The molecule has 0 spiro atoms. The van der Waals surface area contributed by atoms with E-state index in [-0.39, 0.29) is 0 Å². The molecule has 0 saturated heterocycles. The number of nitrogens with two attached hydrogens (primary N) is 1. The van der Waals surface area contributed by atoms with Gasteiger partial charge in [0.2, 0.25) is 0 Å². The predicted octanol–water partition coefficient (Wildman–Crippen LogP) is 2.41. The van der Waals surface area contributed by atoms with Gasteiger partial charge in [-0.25, -0.2) is 0 Å². The zero-order valence-electron chi connectivity index (χ0n) is 6.71. The van der Waals surface area contributed by atoms with E-state index in [2.05, 4.69) is 0 Å². The first-order valence-corrected chi connectivity index (χ1v) is 4.07. The number of fused-ring (bicyclic) bond motifs is 1. The van der Waals surface area contributed by atoms with Crippen molar-refractivity contribution in [3.05, 3.63) is 29.4 Å². The molecule has 0 saturated carbocycles. The van der Waals surface area contributed by atoms with Crippen LogP contribution < -0.4 is 5.73 Å². The molecular weight excluding hydrogens is 172 g/mol. The summed E-state index contributed by atoms with van der Waals surface area (Å²) in [6, 6.07) is 7.69. The molecular formula is C9H9ClN2. The van der Waals surface area contributed by atoms with Gasteiger partial charge in [-0.1, -0.05) is 17.7 Å². The fourth-order valence-electron chi connectivity index (χ4n) is 1.31. The van der Waals surface area contributed by atoms with Crippen molar-refractivity contribution >= 4 is 28.2 Å². The number of nitrogens with zero attached hydrogens (tertiary/aromatic N) is 1. The molecule has 0 radical (unpaired) electrons. The van der Waals surface area contributed by atoms with E-state index in [9.17, 15) is 0 Å². The summed E-state index contributed by atoms with van der Waals surface area (Å²) < 4.78 is 1.91. The fourth-order valence-corrected chi connectivity index (χ4v) is 1.52. The molecule has 3 heteroatoms. The first kappa shape index (κ1) is 7.50. The number of aryl methyl sites for hydroxylation is 1. The van der Waals surface area contributed by atoms with Gasteiger partial charge in [0.05, 0.1) is 5.52 Å². The van der Waals surface area contributed by atoms with Crippen LogP contribution in [0.4, 0.5) is 5.69 Å². The Morgan fingerprint density at radius 3 is 2.83 bits per heavy atom. The molecule has 0 aliphatic rings. The summed E-state index contributed by atoms with van der Waals surface area (Å²) in [5.41, 5.74) is 7.48. The summed E-state index contributed by atoms with van der Waals surface area (Å²) in [6.45, 7) is 0. The van der Waals surface area contributed by atoms with Crippen molar-refractivity contribution in [1.82, 2.24) is 4.57 Å². The van der Waals surface area contributed by atoms with E-state index in [1.165, 1.54) is 0 Å². The minimum Gasteiger partial charge on any atom is -0.399 e. The smallest absolute Gasteiger partial charge is 0.109 e. The molecule has 62 valence electrons. The van der Waals surface area contributed by atoms with Crippen LogP contribution in [-0.2, 0) is 7.05 Å². The van der Waals surface area contributed by atoms with Gasteiger partial charge < -0.3 is 10.3 Å². The molecule has 0 atom stereocenters. The van der Waals surface area contributed by atoms with Crippen molar-refractivity contribution in [2.75, 3.05) is 5.73 Å². The highest BCUT2D eigenvalue weighted by Gasteiger charge is 2.02. The fraction of sp³-hybridized carbons (Fsp3) is 0.111. The first-order valence-electron chi connectivity index (χ1n) is 3.69. The van der Waals surface area contributed by atoms with Crippen molar-refractivity contribution in [2.45, 2.75) is 0 Å². The minimum atomic E-state index is 0.732. The van der Waals surface area contributed by atoms with Crippen LogP contribution in [0.25, 0.3) is 10.9 Å². The van der Waals surface area contributed by atoms with Gasteiger partial charge in [-0.15, -0.1) is 0 Å². The van der Waals surface area contributed by atoms with E-state index < -0.39 is 0 Å². The van der Waals surface area contributed by atoms with E-state index >= 15 is 0 Å². The van der Waals surface area contributed by atoms with Crippen molar-refractivity contribution in [3.63, 3.8) is 0 Å². The van der Waals surface area contributed by atoms with Crippen LogP contribution in [-0.4, -0.2) is 4.57 Å².